The van der Waals surface area contributed by atoms with Crippen molar-refractivity contribution in [2.45, 2.75) is 25.8 Å². The van der Waals surface area contributed by atoms with Crippen molar-refractivity contribution in [3.8, 4) is 11.6 Å². The van der Waals surface area contributed by atoms with E-state index in [0.29, 0.717) is 28.5 Å². The number of likely N-dealkylation sites (tertiary alicyclic amines) is 1. The molecule has 1 fully saturated rings. The Morgan fingerprint density at radius 3 is 3.04 bits per heavy atom. The molecular weight excluding hydrogens is 294 g/mol. The average molecular weight is 311 g/mol. The van der Waals surface area contributed by atoms with Crippen LogP contribution in [0.5, 0.6) is 0 Å². The van der Waals surface area contributed by atoms with Crippen LogP contribution in [0.25, 0.3) is 17.2 Å². The highest BCUT2D eigenvalue weighted by Gasteiger charge is 2.27. The predicted molar refractivity (Wildman–Crippen MR) is 84.8 cm³/mol. The highest BCUT2D eigenvalue weighted by molar-refractivity contribution is 5.96. The van der Waals surface area contributed by atoms with Gasteiger partial charge in [0.1, 0.15) is 0 Å². The Bertz CT molecular complexity index is 868. The first-order chi connectivity index (χ1) is 11.1. The second kappa shape index (κ2) is 5.12. The molecule has 1 amide bonds. The first-order valence-electron chi connectivity index (χ1n) is 7.64. The molecule has 118 valence electrons. The molecule has 1 aliphatic heterocycles. The summed E-state index contributed by atoms with van der Waals surface area (Å²) >= 11 is 0. The van der Waals surface area contributed by atoms with E-state index < -0.39 is 0 Å². The predicted octanol–water partition coefficient (Wildman–Crippen LogP) is 2.20. The van der Waals surface area contributed by atoms with Crippen LogP contribution in [0.3, 0.4) is 0 Å². The molecule has 0 bridgehead atoms. The normalized spacial score (nSPS) is 18.0. The minimum absolute atomic E-state index is 0.0151. The fourth-order valence-corrected chi connectivity index (χ4v) is 3.04. The fourth-order valence-electron chi connectivity index (χ4n) is 3.04. The lowest BCUT2D eigenvalue weighted by molar-refractivity contribution is 0.0747. The Kier molecular flexibility index (Phi) is 3.07. The molecule has 3 aromatic heterocycles. The van der Waals surface area contributed by atoms with E-state index in [1.807, 2.05) is 4.90 Å². The quantitative estimate of drug-likeness (QED) is 0.783. The van der Waals surface area contributed by atoms with E-state index in [9.17, 15) is 4.79 Å². The molecule has 23 heavy (non-hydrogen) atoms. The molecule has 2 N–H and O–H groups in total. The lowest BCUT2D eigenvalue weighted by Crippen LogP contribution is -2.33. The number of carbonyl (C=O) groups is 1. The number of carbonyl (C=O) groups excluding carboxylic acids is 1. The van der Waals surface area contributed by atoms with Gasteiger partial charge in [0.2, 0.25) is 5.82 Å². The van der Waals surface area contributed by atoms with Crippen LogP contribution in [0.4, 0.5) is 5.69 Å². The average Bonchev–Trinajstić information content (AvgIpc) is 3.25. The monoisotopic (exact) mass is 311 g/mol. The number of pyridine rings is 1. The Hall–Kier alpha value is -2.83. The second-order valence-corrected chi connectivity index (χ2v) is 5.85. The molecule has 1 atom stereocenters. The Morgan fingerprint density at radius 2 is 2.35 bits per heavy atom. The molecule has 0 radical (unpaired) electrons. The number of amides is 1. The third kappa shape index (κ3) is 2.25. The molecule has 7 nitrogen and oxygen atoms in total. The number of nitrogens with two attached hydrogens (primary N) is 1. The minimum atomic E-state index is -0.0151. The summed E-state index contributed by atoms with van der Waals surface area (Å²) in [6.45, 7) is 2.85. The van der Waals surface area contributed by atoms with E-state index in [1.165, 1.54) is 0 Å². The third-order valence-electron chi connectivity index (χ3n) is 4.26. The van der Waals surface area contributed by atoms with Crippen molar-refractivity contribution < 1.29 is 9.21 Å². The molecular formula is C16H17N5O2. The number of nitrogen functional groups attached to an aromatic ring is 1. The van der Waals surface area contributed by atoms with Crippen LogP contribution in [0.2, 0.25) is 0 Å². The summed E-state index contributed by atoms with van der Waals surface area (Å²) in [5, 5.41) is 4.37. The van der Waals surface area contributed by atoms with Crippen molar-refractivity contribution in [2.24, 2.45) is 0 Å². The molecule has 1 aliphatic rings. The second-order valence-electron chi connectivity index (χ2n) is 5.85. The van der Waals surface area contributed by atoms with E-state index in [-0.39, 0.29) is 11.9 Å². The van der Waals surface area contributed by atoms with Gasteiger partial charge in [-0.25, -0.2) is 9.50 Å². The summed E-state index contributed by atoms with van der Waals surface area (Å²) in [4.78, 5) is 18.9. The topological polar surface area (TPSA) is 89.7 Å². The number of anilines is 1. The molecule has 4 heterocycles. The van der Waals surface area contributed by atoms with Gasteiger partial charge in [-0.2, -0.15) is 0 Å². The zero-order valence-corrected chi connectivity index (χ0v) is 12.8. The first kappa shape index (κ1) is 13.8. The molecule has 0 aliphatic carbocycles. The van der Waals surface area contributed by atoms with Gasteiger partial charge in [-0.15, -0.1) is 5.10 Å². The number of fused-ring (bicyclic) bond motifs is 1. The molecule has 0 spiro atoms. The lowest BCUT2D eigenvalue weighted by Gasteiger charge is -2.21. The summed E-state index contributed by atoms with van der Waals surface area (Å²) in [5.41, 5.74) is 7.54. The van der Waals surface area contributed by atoms with Crippen molar-refractivity contribution in [3.63, 3.8) is 0 Å². The van der Waals surface area contributed by atoms with Crippen LogP contribution in [0, 0.1) is 0 Å². The van der Waals surface area contributed by atoms with Crippen LogP contribution in [-0.2, 0) is 0 Å². The van der Waals surface area contributed by atoms with Gasteiger partial charge in [0.15, 0.2) is 11.4 Å². The minimum Gasteiger partial charge on any atom is -0.461 e. The number of aromatic nitrogens is 3. The molecule has 4 rings (SSSR count). The van der Waals surface area contributed by atoms with Gasteiger partial charge in [0, 0.05) is 18.8 Å². The van der Waals surface area contributed by atoms with E-state index >= 15 is 0 Å². The molecule has 1 unspecified atom stereocenters. The maximum Gasteiger partial charge on any atom is 0.255 e. The van der Waals surface area contributed by atoms with Crippen LogP contribution < -0.4 is 5.73 Å². The van der Waals surface area contributed by atoms with Gasteiger partial charge >= 0.3 is 0 Å². The van der Waals surface area contributed by atoms with Crippen LogP contribution in [0.1, 0.15) is 30.1 Å². The maximum absolute atomic E-state index is 12.7. The number of furan rings is 1. The fraction of sp³-hybridized carbons (Fsp3) is 0.312. The molecule has 1 saturated heterocycles. The molecule has 7 heteroatoms. The van der Waals surface area contributed by atoms with Gasteiger partial charge < -0.3 is 15.1 Å². The van der Waals surface area contributed by atoms with Crippen LogP contribution in [-0.4, -0.2) is 38.0 Å². The summed E-state index contributed by atoms with van der Waals surface area (Å²) in [6.07, 6.45) is 5.32. The molecule has 0 saturated carbocycles. The van der Waals surface area contributed by atoms with Crippen molar-refractivity contribution in [1.82, 2.24) is 19.5 Å². The van der Waals surface area contributed by atoms with Gasteiger partial charge in [0.25, 0.3) is 5.91 Å². The van der Waals surface area contributed by atoms with Gasteiger partial charge in [-0.05, 0) is 38.0 Å². The summed E-state index contributed by atoms with van der Waals surface area (Å²) in [6, 6.07) is 5.48. The zero-order valence-electron chi connectivity index (χ0n) is 12.8. The van der Waals surface area contributed by atoms with Gasteiger partial charge in [-0.3, -0.25) is 4.79 Å². The lowest BCUT2D eigenvalue weighted by atomic mass is 10.2. The van der Waals surface area contributed by atoms with E-state index in [2.05, 4.69) is 17.0 Å². The first-order valence-corrected chi connectivity index (χ1v) is 7.64. The highest BCUT2D eigenvalue weighted by atomic mass is 16.3. The van der Waals surface area contributed by atoms with Crippen molar-refractivity contribution in [3.05, 3.63) is 36.2 Å². The van der Waals surface area contributed by atoms with E-state index in [1.54, 1.807) is 35.2 Å². The molecule has 3 aromatic rings. The maximum atomic E-state index is 12.7. The van der Waals surface area contributed by atoms with Crippen molar-refractivity contribution >= 4 is 17.2 Å². The van der Waals surface area contributed by atoms with Crippen molar-refractivity contribution in [1.29, 1.82) is 0 Å². The van der Waals surface area contributed by atoms with Gasteiger partial charge in [0.05, 0.1) is 17.5 Å². The summed E-state index contributed by atoms with van der Waals surface area (Å²) < 4.78 is 6.85. The zero-order chi connectivity index (χ0) is 16.0. The SMILES string of the molecule is CC1CCCN1C(=O)c1cc(N)c2nc(-c3ccco3)nn2c1. The summed E-state index contributed by atoms with van der Waals surface area (Å²) in [5.74, 6) is 0.994. The van der Waals surface area contributed by atoms with E-state index in [4.69, 9.17) is 10.2 Å². The van der Waals surface area contributed by atoms with E-state index in [0.717, 1.165) is 19.4 Å². The number of nitrogens with zero attached hydrogens (tertiary/aromatic N) is 4. The van der Waals surface area contributed by atoms with Crippen LogP contribution >= 0.6 is 0 Å². The Balaban J connectivity index is 1.76. The molecule has 0 aromatic carbocycles. The Morgan fingerprint density at radius 1 is 1.48 bits per heavy atom. The van der Waals surface area contributed by atoms with Gasteiger partial charge in [-0.1, -0.05) is 0 Å². The smallest absolute Gasteiger partial charge is 0.255 e. The summed E-state index contributed by atoms with van der Waals surface area (Å²) in [7, 11) is 0. The number of hydrogen-bond donors (Lipinski definition) is 1. The number of hydrogen-bond acceptors (Lipinski definition) is 5. The number of rotatable bonds is 2. The Labute approximate surface area is 132 Å². The van der Waals surface area contributed by atoms with Crippen LogP contribution in [0.15, 0.2) is 35.1 Å². The highest BCUT2D eigenvalue weighted by Crippen LogP contribution is 2.23. The van der Waals surface area contributed by atoms with Crippen molar-refractivity contribution in [2.75, 3.05) is 12.3 Å². The standard InChI is InChI=1S/C16H17N5O2/c1-10-4-2-6-20(10)16(22)11-8-12(17)15-18-14(19-21(15)9-11)13-5-3-7-23-13/h3,5,7-10H,2,4,6,17H2,1H3. The third-order valence-corrected chi connectivity index (χ3v) is 4.26. The largest absolute Gasteiger partial charge is 0.461 e.